The molecule has 0 spiro atoms. The summed E-state index contributed by atoms with van der Waals surface area (Å²) in [5, 5.41) is 13.2. The lowest BCUT2D eigenvalue weighted by atomic mass is 10.1. The van der Waals surface area contributed by atoms with Crippen LogP contribution in [-0.4, -0.2) is 28.3 Å². The van der Waals surface area contributed by atoms with E-state index >= 15 is 0 Å². The summed E-state index contributed by atoms with van der Waals surface area (Å²) in [5.74, 6) is 1.97. The number of hydrogen-bond donors (Lipinski definition) is 2. The van der Waals surface area contributed by atoms with Gasteiger partial charge in [0.05, 0.1) is 18.8 Å². The van der Waals surface area contributed by atoms with Crippen molar-refractivity contribution in [2.45, 2.75) is 6.54 Å². The molecule has 0 atom stereocenters. The molecule has 1 aromatic heterocycles. The lowest BCUT2D eigenvalue weighted by Gasteiger charge is -2.00. The summed E-state index contributed by atoms with van der Waals surface area (Å²) in [4.78, 5) is 0. The van der Waals surface area contributed by atoms with Crippen LogP contribution in [0.4, 0.5) is 5.82 Å². The number of nitrogen functional groups attached to an aromatic ring is 1. The fourth-order valence-corrected chi connectivity index (χ4v) is 1.90. The van der Waals surface area contributed by atoms with E-state index in [0.717, 1.165) is 17.0 Å². The number of ether oxygens (including phenoxy) is 2. The first-order valence-electron chi connectivity index (χ1n) is 5.62. The average Bonchev–Trinajstić information content (AvgIpc) is 2.96. The highest BCUT2D eigenvalue weighted by molar-refractivity contribution is 5.66. The van der Waals surface area contributed by atoms with Gasteiger partial charge in [-0.1, -0.05) is 0 Å². The second kappa shape index (κ2) is 4.23. The first-order chi connectivity index (χ1) is 8.78. The fraction of sp³-hybridized carbons (Fsp3) is 0.250. The number of nitrogens with two attached hydrogens (primary N) is 1. The molecule has 0 aliphatic carbocycles. The van der Waals surface area contributed by atoms with Crippen LogP contribution in [0.15, 0.2) is 24.3 Å². The van der Waals surface area contributed by atoms with Crippen LogP contribution < -0.4 is 15.2 Å². The van der Waals surface area contributed by atoms with Gasteiger partial charge in [0, 0.05) is 11.6 Å². The number of nitrogens with zero attached hydrogens (tertiary/aromatic N) is 2. The number of hydrogen-bond acceptors (Lipinski definition) is 5. The summed E-state index contributed by atoms with van der Waals surface area (Å²) in [6, 6.07) is 7.39. The highest BCUT2D eigenvalue weighted by atomic mass is 16.7. The molecular weight excluding hydrogens is 234 g/mol. The first kappa shape index (κ1) is 10.9. The Hall–Kier alpha value is -2.21. The first-order valence-corrected chi connectivity index (χ1v) is 5.62. The number of aromatic nitrogens is 2. The maximum absolute atomic E-state index is 8.90. The quantitative estimate of drug-likeness (QED) is 0.840. The van der Waals surface area contributed by atoms with Gasteiger partial charge in [-0.3, -0.25) is 0 Å². The predicted octanol–water partition coefficient (Wildman–Crippen LogP) is 0.853. The summed E-state index contributed by atoms with van der Waals surface area (Å²) in [7, 11) is 0. The monoisotopic (exact) mass is 247 g/mol. The maximum atomic E-state index is 8.90. The second-order valence-corrected chi connectivity index (χ2v) is 3.97. The van der Waals surface area contributed by atoms with Gasteiger partial charge in [-0.25, -0.2) is 4.68 Å². The standard InChI is InChI=1S/C12H13N3O3/c13-12-6-9(14-15(12)3-4-16)8-1-2-10-11(5-8)18-7-17-10/h1-2,5-6,16H,3-4,7,13H2. The Labute approximate surface area is 104 Å². The van der Waals surface area contributed by atoms with Crippen molar-refractivity contribution in [2.24, 2.45) is 0 Å². The van der Waals surface area contributed by atoms with E-state index in [2.05, 4.69) is 5.10 Å². The van der Waals surface area contributed by atoms with Crippen LogP contribution in [0, 0.1) is 0 Å². The van der Waals surface area contributed by atoms with Crippen LogP contribution >= 0.6 is 0 Å². The molecule has 0 amide bonds. The molecule has 3 rings (SSSR count). The lowest BCUT2D eigenvalue weighted by Crippen LogP contribution is -2.07. The number of rotatable bonds is 3. The van der Waals surface area contributed by atoms with Crippen LogP contribution in [0.25, 0.3) is 11.3 Å². The van der Waals surface area contributed by atoms with Crippen molar-refractivity contribution in [3.05, 3.63) is 24.3 Å². The van der Waals surface area contributed by atoms with E-state index in [0.29, 0.717) is 18.1 Å². The molecule has 1 aromatic carbocycles. The van der Waals surface area contributed by atoms with Crippen LogP contribution in [0.2, 0.25) is 0 Å². The zero-order valence-corrected chi connectivity index (χ0v) is 9.67. The van der Waals surface area contributed by atoms with Gasteiger partial charge in [-0.15, -0.1) is 0 Å². The largest absolute Gasteiger partial charge is 0.454 e. The van der Waals surface area contributed by atoms with Crippen molar-refractivity contribution in [3.8, 4) is 22.8 Å². The molecule has 6 heteroatoms. The molecule has 1 aliphatic heterocycles. The molecule has 2 heterocycles. The minimum Gasteiger partial charge on any atom is -0.454 e. The van der Waals surface area contributed by atoms with Gasteiger partial charge in [0.15, 0.2) is 11.5 Å². The number of aliphatic hydroxyl groups excluding tert-OH is 1. The van der Waals surface area contributed by atoms with E-state index in [9.17, 15) is 0 Å². The SMILES string of the molecule is Nc1cc(-c2ccc3c(c2)OCO3)nn1CCO. The Bertz CT molecular complexity index is 580. The Kier molecular flexibility index (Phi) is 2.56. The Morgan fingerprint density at radius 1 is 1.28 bits per heavy atom. The van der Waals surface area contributed by atoms with Gasteiger partial charge >= 0.3 is 0 Å². The molecule has 0 saturated carbocycles. The number of benzene rings is 1. The van der Waals surface area contributed by atoms with E-state index in [1.807, 2.05) is 18.2 Å². The third-order valence-corrected chi connectivity index (χ3v) is 2.79. The fourth-order valence-electron chi connectivity index (χ4n) is 1.90. The van der Waals surface area contributed by atoms with E-state index in [1.165, 1.54) is 0 Å². The van der Waals surface area contributed by atoms with Crippen LogP contribution in [-0.2, 0) is 6.54 Å². The summed E-state index contributed by atoms with van der Waals surface area (Å²) in [6.07, 6.45) is 0. The molecule has 0 saturated heterocycles. The molecule has 2 aromatic rings. The van der Waals surface area contributed by atoms with Gasteiger partial charge in [0.1, 0.15) is 5.82 Å². The van der Waals surface area contributed by atoms with Crippen LogP contribution in [0.3, 0.4) is 0 Å². The van der Waals surface area contributed by atoms with Gasteiger partial charge in [-0.05, 0) is 18.2 Å². The summed E-state index contributed by atoms with van der Waals surface area (Å²) in [5.41, 5.74) is 7.47. The molecule has 0 unspecified atom stereocenters. The lowest BCUT2D eigenvalue weighted by molar-refractivity contribution is 0.174. The van der Waals surface area contributed by atoms with E-state index in [-0.39, 0.29) is 13.4 Å². The summed E-state index contributed by atoms with van der Waals surface area (Å²) >= 11 is 0. The molecule has 18 heavy (non-hydrogen) atoms. The molecule has 94 valence electrons. The number of anilines is 1. The van der Waals surface area contributed by atoms with E-state index in [4.69, 9.17) is 20.3 Å². The van der Waals surface area contributed by atoms with Gasteiger partial charge < -0.3 is 20.3 Å². The Morgan fingerprint density at radius 3 is 2.94 bits per heavy atom. The van der Waals surface area contributed by atoms with Crippen LogP contribution in [0.5, 0.6) is 11.5 Å². The Balaban J connectivity index is 1.97. The zero-order valence-electron chi connectivity index (χ0n) is 9.67. The predicted molar refractivity (Wildman–Crippen MR) is 65.3 cm³/mol. The van der Waals surface area contributed by atoms with Crippen molar-refractivity contribution in [1.82, 2.24) is 9.78 Å². The van der Waals surface area contributed by atoms with Gasteiger partial charge in [-0.2, -0.15) is 5.10 Å². The molecule has 0 fully saturated rings. The average molecular weight is 247 g/mol. The minimum atomic E-state index is 0.00641. The summed E-state index contributed by atoms with van der Waals surface area (Å²) in [6.45, 7) is 0.642. The molecule has 1 aliphatic rings. The number of fused-ring (bicyclic) bond motifs is 1. The third kappa shape index (κ3) is 1.76. The van der Waals surface area contributed by atoms with E-state index in [1.54, 1.807) is 10.7 Å². The number of aliphatic hydroxyl groups is 1. The minimum absolute atomic E-state index is 0.00641. The highest BCUT2D eigenvalue weighted by Crippen LogP contribution is 2.35. The second-order valence-electron chi connectivity index (χ2n) is 3.97. The van der Waals surface area contributed by atoms with Crippen molar-refractivity contribution in [3.63, 3.8) is 0 Å². The normalized spacial score (nSPS) is 12.9. The summed E-state index contributed by atoms with van der Waals surface area (Å²) < 4.78 is 12.1. The van der Waals surface area contributed by atoms with Crippen LogP contribution in [0.1, 0.15) is 0 Å². The zero-order chi connectivity index (χ0) is 12.5. The molecule has 3 N–H and O–H groups in total. The smallest absolute Gasteiger partial charge is 0.231 e. The molecule has 0 radical (unpaired) electrons. The van der Waals surface area contributed by atoms with Crippen molar-refractivity contribution >= 4 is 5.82 Å². The molecular formula is C12H13N3O3. The van der Waals surface area contributed by atoms with Crippen molar-refractivity contribution in [2.75, 3.05) is 19.1 Å². The molecule has 0 bridgehead atoms. The van der Waals surface area contributed by atoms with Crippen molar-refractivity contribution in [1.29, 1.82) is 0 Å². The highest BCUT2D eigenvalue weighted by Gasteiger charge is 2.15. The van der Waals surface area contributed by atoms with E-state index < -0.39 is 0 Å². The van der Waals surface area contributed by atoms with Crippen molar-refractivity contribution < 1.29 is 14.6 Å². The third-order valence-electron chi connectivity index (χ3n) is 2.79. The molecule has 6 nitrogen and oxygen atoms in total. The Morgan fingerprint density at radius 2 is 2.11 bits per heavy atom. The topological polar surface area (TPSA) is 82.5 Å². The van der Waals surface area contributed by atoms with Gasteiger partial charge in [0.2, 0.25) is 6.79 Å². The van der Waals surface area contributed by atoms with Gasteiger partial charge in [0.25, 0.3) is 0 Å². The maximum Gasteiger partial charge on any atom is 0.231 e.